The average molecular weight is 1270 g/mol. The molecule has 0 spiro atoms. The molecule has 18 aromatic rings. The zero-order chi connectivity index (χ0) is 65.7. The van der Waals surface area contributed by atoms with Crippen molar-refractivity contribution in [3.63, 3.8) is 0 Å². The van der Waals surface area contributed by atoms with E-state index in [4.69, 9.17) is 8.83 Å². The van der Waals surface area contributed by atoms with E-state index in [2.05, 4.69) is 216 Å². The van der Waals surface area contributed by atoms with Crippen molar-refractivity contribution in [2.45, 2.75) is 5.41 Å². The highest BCUT2D eigenvalue weighted by Crippen LogP contribution is 2.64. The number of benzene rings is 16. The minimum atomic E-state index is -1.13. The normalized spacial score (nSPS) is 12.4. The van der Waals surface area contributed by atoms with Crippen LogP contribution in [0.25, 0.3) is 121 Å². The maximum absolute atomic E-state index is 19.2. The van der Waals surface area contributed by atoms with Gasteiger partial charge < -0.3 is 18.6 Å². The van der Waals surface area contributed by atoms with Crippen LogP contribution >= 0.6 is 0 Å². The molecule has 0 amide bonds. The van der Waals surface area contributed by atoms with Gasteiger partial charge in [0.25, 0.3) is 0 Å². The van der Waals surface area contributed by atoms with Gasteiger partial charge in [-0.15, -0.1) is 0 Å². The highest BCUT2D eigenvalue weighted by molar-refractivity contribution is 6.21. The van der Waals surface area contributed by atoms with Gasteiger partial charge in [-0.05, 0) is 138 Å². The first-order valence-electron chi connectivity index (χ1n) is 33.5. The van der Waals surface area contributed by atoms with Crippen molar-refractivity contribution in [1.29, 1.82) is 0 Å². The summed E-state index contributed by atoms with van der Waals surface area (Å²) in [5, 5.41) is 7.40. The average Bonchev–Trinajstić information content (AvgIpc) is 1.53. The van der Waals surface area contributed by atoms with E-state index in [1.165, 1.54) is 0 Å². The molecule has 16 aromatic carbocycles. The Morgan fingerprint density at radius 1 is 0.242 bits per heavy atom. The Morgan fingerprint density at radius 2 is 0.556 bits per heavy atom. The Labute approximate surface area is 570 Å². The molecule has 0 N–H and O–H groups in total. The van der Waals surface area contributed by atoms with Gasteiger partial charge in [-0.3, -0.25) is 0 Å². The van der Waals surface area contributed by atoms with Gasteiger partial charge in [-0.1, -0.05) is 291 Å². The molecule has 4 nitrogen and oxygen atoms in total. The predicted molar refractivity (Wildman–Crippen MR) is 404 cm³/mol. The molecule has 0 aliphatic heterocycles. The van der Waals surface area contributed by atoms with Crippen LogP contribution < -0.4 is 9.80 Å². The Hall–Kier alpha value is -12.9. The molecule has 19 rings (SSSR count). The molecule has 0 bridgehead atoms. The largest absolute Gasteiger partial charge is 0.454 e. The molecule has 0 unspecified atom stereocenters. The first-order valence-corrected chi connectivity index (χ1v) is 33.5. The fraction of sp³-hybridized carbons (Fsp3) is 0.0108. The van der Waals surface area contributed by atoms with E-state index in [9.17, 15) is 0 Å². The molecule has 1 aliphatic rings. The smallest absolute Gasteiger partial charge is 0.159 e. The van der Waals surface area contributed by atoms with Crippen LogP contribution in [0.4, 0.5) is 42.9 Å². The summed E-state index contributed by atoms with van der Waals surface area (Å²) >= 11 is 0. The van der Waals surface area contributed by atoms with E-state index < -0.39 is 17.0 Å². The number of nitrogens with zero attached hydrogens (tertiary/aromatic N) is 2. The third kappa shape index (κ3) is 9.03. The van der Waals surface area contributed by atoms with Crippen molar-refractivity contribution < 1.29 is 17.6 Å². The summed E-state index contributed by atoms with van der Waals surface area (Å²) in [5.74, 6) is -0.828. The summed E-state index contributed by atoms with van der Waals surface area (Å²) in [6.07, 6.45) is 0. The van der Waals surface area contributed by atoms with E-state index in [-0.39, 0.29) is 0 Å². The summed E-state index contributed by atoms with van der Waals surface area (Å²) in [4.78, 5) is 4.27. The SMILES string of the molecule is Fc1cc(-c2ccccc2)cc(-c2ccccc2)c1N(c1cc2c(c3ccccc13)-c1c(cc(N(c3c(F)cc(-c4ccccc4)cc3-c3ccccc3)c3cccc4c3oc3ccccc34)c3ccccc13)C2(c1ccccc1)c1ccccc1)c1cccc2c1oc1ccccc12. The Balaban J connectivity index is 0.972. The number of rotatable bonds is 12. The van der Waals surface area contributed by atoms with Gasteiger partial charge in [0.1, 0.15) is 22.8 Å². The number of fused-ring (bicyclic) bond motifs is 13. The van der Waals surface area contributed by atoms with Crippen LogP contribution in [0.5, 0.6) is 0 Å². The van der Waals surface area contributed by atoms with Gasteiger partial charge >= 0.3 is 0 Å². The molecule has 1 aliphatic carbocycles. The summed E-state index contributed by atoms with van der Waals surface area (Å²) in [5.41, 5.74) is 17.4. The Kier molecular flexibility index (Phi) is 13.5. The molecule has 2 heterocycles. The van der Waals surface area contributed by atoms with Crippen LogP contribution in [-0.4, -0.2) is 0 Å². The molecule has 0 fully saturated rings. The van der Waals surface area contributed by atoms with Crippen LogP contribution in [0.1, 0.15) is 22.3 Å². The van der Waals surface area contributed by atoms with Gasteiger partial charge in [0.2, 0.25) is 0 Å². The maximum Gasteiger partial charge on any atom is 0.159 e. The van der Waals surface area contributed by atoms with E-state index in [1.54, 1.807) is 12.1 Å². The second-order valence-corrected chi connectivity index (χ2v) is 25.6. The zero-order valence-electron chi connectivity index (χ0n) is 53.5. The second-order valence-electron chi connectivity index (χ2n) is 25.6. The van der Waals surface area contributed by atoms with E-state index in [0.717, 1.165) is 132 Å². The summed E-state index contributed by atoms with van der Waals surface area (Å²) in [6, 6.07) is 120. The first kappa shape index (κ1) is 57.5. The summed E-state index contributed by atoms with van der Waals surface area (Å²) < 4.78 is 52.5. The third-order valence-electron chi connectivity index (χ3n) is 20.2. The van der Waals surface area contributed by atoms with Crippen molar-refractivity contribution in [3.8, 4) is 55.6 Å². The van der Waals surface area contributed by atoms with Crippen LogP contribution in [0, 0.1) is 11.6 Å². The minimum absolute atomic E-state index is 0.358. The number of para-hydroxylation sites is 4. The minimum Gasteiger partial charge on any atom is -0.454 e. The summed E-state index contributed by atoms with van der Waals surface area (Å²) in [7, 11) is 0. The van der Waals surface area contributed by atoms with Crippen LogP contribution in [-0.2, 0) is 5.41 Å². The second kappa shape index (κ2) is 23.2. The third-order valence-corrected chi connectivity index (χ3v) is 20.2. The fourth-order valence-electron chi connectivity index (χ4n) is 16.0. The lowest BCUT2D eigenvalue weighted by atomic mass is 9.67. The molecule has 2 aromatic heterocycles. The van der Waals surface area contributed by atoms with Gasteiger partial charge in [0.05, 0.1) is 39.5 Å². The molecule has 99 heavy (non-hydrogen) atoms. The van der Waals surface area contributed by atoms with E-state index in [1.807, 2.05) is 133 Å². The van der Waals surface area contributed by atoms with Crippen molar-refractivity contribution >= 4 is 99.5 Å². The number of furan rings is 2. The highest BCUT2D eigenvalue weighted by atomic mass is 19.1. The molecule has 6 heteroatoms. The van der Waals surface area contributed by atoms with Crippen LogP contribution in [0.3, 0.4) is 0 Å². The van der Waals surface area contributed by atoms with Crippen LogP contribution in [0.15, 0.2) is 361 Å². The zero-order valence-corrected chi connectivity index (χ0v) is 53.5. The molecule has 0 saturated carbocycles. The van der Waals surface area contributed by atoms with Gasteiger partial charge in [-0.2, -0.15) is 0 Å². The Morgan fingerprint density at radius 3 is 0.939 bits per heavy atom. The monoisotopic (exact) mass is 1270 g/mol. The molecule has 466 valence electrons. The maximum atomic E-state index is 19.2. The number of hydrogen-bond acceptors (Lipinski definition) is 4. The molecule has 0 atom stereocenters. The van der Waals surface area contributed by atoms with Gasteiger partial charge in [-0.25, -0.2) is 8.78 Å². The quantitative estimate of drug-likeness (QED) is 0.122. The van der Waals surface area contributed by atoms with Crippen LogP contribution in [0.2, 0.25) is 0 Å². The topological polar surface area (TPSA) is 32.8 Å². The number of hydrogen-bond donors (Lipinski definition) is 0. The number of anilines is 6. The lowest BCUT2D eigenvalue weighted by Gasteiger charge is -2.37. The van der Waals surface area contributed by atoms with E-state index >= 15 is 8.78 Å². The van der Waals surface area contributed by atoms with Crippen molar-refractivity contribution in [2.75, 3.05) is 9.80 Å². The van der Waals surface area contributed by atoms with Crippen molar-refractivity contribution in [2.24, 2.45) is 0 Å². The van der Waals surface area contributed by atoms with Gasteiger partial charge in [0, 0.05) is 43.4 Å². The van der Waals surface area contributed by atoms with Crippen molar-refractivity contribution in [3.05, 3.63) is 386 Å². The first-order chi connectivity index (χ1) is 49.0. The molecular weight excluding hydrogens is 1220 g/mol. The molecule has 0 radical (unpaired) electrons. The van der Waals surface area contributed by atoms with E-state index in [0.29, 0.717) is 45.0 Å². The molecular formula is C93H58F2N2O2. The lowest BCUT2D eigenvalue weighted by Crippen LogP contribution is -2.29. The Bertz CT molecular complexity index is 5810. The lowest BCUT2D eigenvalue weighted by molar-refractivity contribution is 0.629. The standard InChI is InChI=1S/C93H58F2N2O2/c94-79-55-63(59-29-7-1-8-30-59)53-75(61-33-11-3-12-34-61)89(79)96(81-49-27-47-73-69-43-23-25-51-85(69)98-91(73)81)83-57-77-87(71-45-21-19-41-67(71)83)88-72-46-22-20-42-68(72)84(58-78(88)93(77,65-37-15-5-16-38-65)66-39-17-6-18-40-66)97(82-50-28-48-74-70-44-24-26-52-86(70)99-92(74)82)90-76(62-35-13-4-14-36-62)54-64(56-80(90)95)60-31-9-2-10-32-60/h1-58H. The van der Waals surface area contributed by atoms with Gasteiger partial charge in [0.15, 0.2) is 11.2 Å². The number of halogens is 2. The highest BCUT2D eigenvalue weighted by Gasteiger charge is 2.49. The van der Waals surface area contributed by atoms with Crippen molar-refractivity contribution in [1.82, 2.24) is 0 Å². The predicted octanol–water partition coefficient (Wildman–Crippen LogP) is 26.0. The fourth-order valence-corrected chi connectivity index (χ4v) is 16.0. The summed E-state index contributed by atoms with van der Waals surface area (Å²) in [6.45, 7) is 0. The molecule has 0 saturated heterocycles.